The highest BCUT2D eigenvalue weighted by Gasteiger charge is 2.31. The molecule has 3 nitrogen and oxygen atoms in total. The van der Waals surface area contributed by atoms with Crippen molar-refractivity contribution in [2.45, 2.75) is 6.18 Å². The summed E-state index contributed by atoms with van der Waals surface area (Å²) in [5.41, 5.74) is 4.34. The number of pyridine rings is 1. The summed E-state index contributed by atoms with van der Waals surface area (Å²) in [5, 5.41) is 2.43. The number of anilines is 3. The maximum atomic E-state index is 13.0. The van der Waals surface area contributed by atoms with Crippen molar-refractivity contribution >= 4 is 17.3 Å². The molecule has 106 valence electrons. The Morgan fingerprint density at radius 1 is 1.00 bits per heavy atom. The molecule has 0 saturated carbocycles. The minimum Gasteiger partial charge on any atom is -0.384 e. The fraction of sp³-hybridized carbons (Fsp3) is 0.0833. The molecule has 2 aromatic rings. The largest absolute Gasteiger partial charge is 0.416 e. The molecule has 1 aromatic carbocycles. The van der Waals surface area contributed by atoms with Crippen LogP contribution in [0.4, 0.5) is 39.3 Å². The van der Waals surface area contributed by atoms with Crippen molar-refractivity contribution in [3.05, 3.63) is 47.5 Å². The summed E-state index contributed by atoms with van der Waals surface area (Å²) in [6, 6.07) is 4.20. The lowest BCUT2D eigenvalue weighted by Gasteiger charge is -2.11. The Kier molecular flexibility index (Phi) is 3.47. The van der Waals surface area contributed by atoms with Crippen molar-refractivity contribution in [2.75, 3.05) is 11.1 Å². The number of nitrogens with zero attached hydrogens (tertiary/aromatic N) is 1. The molecule has 0 atom stereocenters. The van der Waals surface area contributed by atoms with Gasteiger partial charge in [0.15, 0.2) is 11.6 Å². The molecule has 0 bridgehead atoms. The highest BCUT2D eigenvalue weighted by Crippen LogP contribution is 2.32. The van der Waals surface area contributed by atoms with Gasteiger partial charge in [-0.25, -0.2) is 13.8 Å². The fourth-order valence-corrected chi connectivity index (χ4v) is 1.50. The minimum atomic E-state index is -4.58. The van der Waals surface area contributed by atoms with E-state index < -0.39 is 23.4 Å². The minimum absolute atomic E-state index is 0.0510. The number of hydrogen-bond donors (Lipinski definition) is 2. The van der Waals surface area contributed by atoms with E-state index in [1.165, 1.54) is 0 Å². The van der Waals surface area contributed by atoms with Gasteiger partial charge in [-0.2, -0.15) is 13.2 Å². The Bertz CT molecular complexity index is 639. The first-order valence-electron chi connectivity index (χ1n) is 5.32. The quantitative estimate of drug-likeness (QED) is 0.829. The van der Waals surface area contributed by atoms with Crippen LogP contribution in [0.2, 0.25) is 0 Å². The van der Waals surface area contributed by atoms with Gasteiger partial charge in [-0.3, -0.25) is 0 Å². The second-order valence-corrected chi connectivity index (χ2v) is 3.92. The van der Waals surface area contributed by atoms with E-state index in [2.05, 4.69) is 10.3 Å². The summed E-state index contributed by atoms with van der Waals surface area (Å²) < 4.78 is 63.5. The third-order valence-corrected chi connectivity index (χ3v) is 2.36. The fourth-order valence-electron chi connectivity index (χ4n) is 1.50. The Labute approximate surface area is 110 Å². The lowest BCUT2D eigenvalue weighted by molar-refractivity contribution is -0.137. The summed E-state index contributed by atoms with van der Waals surface area (Å²) in [6.45, 7) is 0. The molecule has 20 heavy (non-hydrogen) atoms. The van der Waals surface area contributed by atoms with Crippen LogP contribution in [0, 0.1) is 11.6 Å². The summed E-state index contributed by atoms with van der Waals surface area (Å²) >= 11 is 0. The number of rotatable bonds is 2. The first kappa shape index (κ1) is 14.0. The van der Waals surface area contributed by atoms with Gasteiger partial charge in [-0.15, -0.1) is 0 Å². The van der Waals surface area contributed by atoms with Gasteiger partial charge in [0.25, 0.3) is 0 Å². The van der Waals surface area contributed by atoms with Crippen molar-refractivity contribution in [2.24, 2.45) is 0 Å². The molecule has 0 spiro atoms. The number of halogens is 5. The number of hydrogen-bond acceptors (Lipinski definition) is 3. The second-order valence-electron chi connectivity index (χ2n) is 3.92. The summed E-state index contributed by atoms with van der Waals surface area (Å²) in [4.78, 5) is 3.65. The predicted octanol–water partition coefficient (Wildman–Crippen LogP) is 3.70. The van der Waals surface area contributed by atoms with Gasteiger partial charge >= 0.3 is 6.18 Å². The Hall–Kier alpha value is -2.38. The van der Waals surface area contributed by atoms with E-state index in [1.54, 1.807) is 0 Å². The molecular formula is C12H8F5N3. The van der Waals surface area contributed by atoms with E-state index >= 15 is 0 Å². The molecule has 0 unspecified atom stereocenters. The van der Waals surface area contributed by atoms with Crippen molar-refractivity contribution < 1.29 is 22.0 Å². The zero-order chi connectivity index (χ0) is 14.9. The molecule has 0 aliphatic carbocycles. The number of aromatic nitrogens is 1. The average Bonchev–Trinajstić information content (AvgIpc) is 2.32. The number of nitrogens with two attached hydrogens (primary N) is 1. The topological polar surface area (TPSA) is 50.9 Å². The van der Waals surface area contributed by atoms with Crippen LogP contribution in [0.25, 0.3) is 0 Å². The Balaban J connectivity index is 2.33. The summed E-state index contributed by atoms with van der Waals surface area (Å²) in [7, 11) is 0. The molecule has 1 heterocycles. The molecule has 1 aromatic heterocycles. The predicted molar refractivity (Wildman–Crippen MR) is 63.3 cm³/mol. The second kappa shape index (κ2) is 4.95. The molecule has 0 saturated heterocycles. The third kappa shape index (κ3) is 3.14. The highest BCUT2D eigenvalue weighted by molar-refractivity contribution is 5.59. The maximum absolute atomic E-state index is 13.0. The van der Waals surface area contributed by atoms with E-state index in [9.17, 15) is 22.0 Å². The normalized spacial score (nSPS) is 11.4. The Morgan fingerprint density at radius 2 is 1.70 bits per heavy atom. The average molecular weight is 289 g/mol. The third-order valence-electron chi connectivity index (χ3n) is 2.36. The van der Waals surface area contributed by atoms with Crippen molar-refractivity contribution in [3.8, 4) is 0 Å². The van der Waals surface area contributed by atoms with Gasteiger partial charge < -0.3 is 11.1 Å². The van der Waals surface area contributed by atoms with Crippen LogP contribution in [-0.4, -0.2) is 4.98 Å². The van der Waals surface area contributed by atoms with Gasteiger partial charge in [0.05, 0.1) is 5.56 Å². The van der Waals surface area contributed by atoms with Gasteiger partial charge in [-0.1, -0.05) is 0 Å². The molecule has 8 heteroatoms. The molecule has 0 aliphatic heterocycles. The van der Waals surface area contributed by atoms with Gasteiger partial charge in [0.1, 0.15) is 11.6 Å². The molecule has 2 rings (SSSR count). The zero-order valence-corrected chi connectivity index (χ0v) is 9.80. The lowest BCUT2D eigenvalue weighted by atomic mass is 10.2. The SMILES string of the molecule is Nc1cc(C(F)(F)F)cc(Nc2ccc(F)c(F)c2)n1. The first-order chi connectivity index (χ1) is 9.25. The first-order valence-corrected chi connectivity index (χ1v) is 5.32. The van der Waals surface area contributed by atoms with Gasteiger partial charge in [0, 0.05) is 11.8 Å². The van der Waals surface area contributed by atoms with Gasteiger partial charge in [0.2, 0.25) is 0 Å². The van der Waals surface area contributed by atoms with Gasteiger partial charge in [-0.05, 0) is 24.3 Å². The molecule has 0 aliphatic rings. The highest BCUT2D eigenvalue weighted by atomic mass is 19.4. The smallest absolute Gasteiger partial charge is 0.384 e. The standard InChI is InChI=1S/C12H8F5N3/c13-8-2-1-7(5-9(8)14)19-11-4-6(12(15,16)17)3-10(18)20-11/h1-5H,(H3,18,19,20). The van der Waals surface area contributed by atoms with Crippen molar-refractivity contribution in [1.29, 1.82) is 0 Å². The van der Waals surface area contributed by atoms with Crippen molar-refractivity contribution in [1.82, 2.24) is 4.98 Å². The molecule has 0 amide bonds. The van der Waals surface area contributed by atoms with Crippen LogP contribution >= 0.6 is 0 Å². The van der Waals surface area contributed by atoms with E-state index in [4.69, 9.17) is 5.73 Å². The number of nitrogens with one attached hydrogen (secondary N) is 1. The van der Waals surface area contributed by atoms with E-state index in [1.807, 2.05) is 0 Å². The lowest BCUT2D eigenvalue weighted by Crippen LogP contribution is -2.08. The van der Waals surface area contributed by atoms with Crippen LogP contribution in [0.15, 0.2) is 30.3 Å². The monoisotopic (exact) mass is 289 g/mol. The van der Waals surface area contributed by atoms with Crippen LogP contribution in [-0.2, 0) is 6.18 Å². The molecule has 0 fully saturated rings. The van der Waals surface area contributed by atoms with E-state index in [-0.39, 0.29) is 17.3 Å². The molecular weight excluding hydrogens is 281 g/mol. The van der Waals surface area contributed by atoms with Crippen LogP contribution < -0.4 is 11.1 Å². The van der Waals surface area contributed by atoms with E-state index in [0.29, 0.717) is 6.07 Å². The Morgan fingerprint density at radius 3 is 2.30 bits per heavy atom. The van der Waals surface area contributed by atoms with Crippen LogP contribution in [0.5, 0.6) is 0 Å². The maximum Gasteiger partial charge on any atom is 0.416 e. The van der Waals surface area contributed by atoms with Crippen LogP contribution in [0.3, 0.4) is 0 Å². The summed E-state index contributed by atoms with van der Waals surface area (Å²) in [5.74, 6) is -2.75. The van der Waals surface area contributed by atoms with Crippen LogP contribution in [0.1, 0.15) is 5.56 Å². The number of nitrogen functional groups attached to an aromatic ring is 1. The molecule has 0 radical (unpaired) electrons. The van der Waals surface area contributed by atoms with Crippen molar-refractivity contribution in [3.63, 3.8) is 0 Å². The molecule has 3 N–H and O–H groups in total. The number of alkyl halides is 3. The van der Waals surface area contributed by atoms with E-state index in [0.717, 1.165) is 24.3 Å². The summed E-state index contributed by atoms with van der Waals surface area (Å²) in [6.07, 6.45) is -4.58. The number of benzene rings is 1. The zero-order valence-electron chi connectivity index (χ0n) is 9.80.